The van der Waals surface area contributed by atoms with Crippen LogP contribution in [0.5, 0.6) is 11.6 Å². The average Bonchev–Trinajstić information content (AvgIpc) is 3.24. The summed E-state index contributed by atoms with van der Waals surface area (Å²) in [6, 6.07) is 12.6. The van der Waals surface area contributed by atoms with Crippen molar-refractivity contribution < 1.29 is 23.0 Å². The molecule has 1 aliphatic carbocycles. The third-order valence-corrected chi connectivity index (χ3v) is 6.34. The Hall–Kier alpha value is -4.28. The highest BCUT2D eigenvalue weighted by molar-refractivity contribution is 5.97. The highest BCUT2D eigenvalue weighted by Crippen LogP contribution is 2.42. The number of carbonyl (C=O) groups is 1. The average molecular weight is 509 g/mol. The van der Waals surface area contributed by atoms with Crippen molar-refractivity contribution in [3.05, 3.63) is 65.5 Å². The van der Waals surface area contributed by atoms with E-state index in [0.717, 1.165) is 16.7 Å². The zero-order valence-electron chi connectivity index (χ0n) is 20.4. The summed E-state index contributed by atoms with van der Waals surface area (Å²) in [6.07, 6.45) is 1.41. The molecule has 192 valence electrons. The van der Waals surface area contributed by atoms with Crippen LogP contribution in [0.25, 0.3) is 16.8 Å². The largest absolute Gasteiger partial charge is 0.493 e. The van der Waals surface area contributed by atoms with Crippen molar-refractivity contribution in [1.82, 2.24) is 24.9 Å². The van der Waals surface area contributed by atoms with Gasteiger partial charge in [0, 0.05) is 48.3 Å². The van der Waals surface area contributed by atoms with Crippen LogP contribution >= 0.6 is 0 Å². The maximum Gasteiger partial charge on any atom is 0.257 e. The number of amides is 1. The monoisotopic (exact) mass is 508 g/mol. The standard InChI is InChI=1S/C26H26F2N6O3/c1-15-19(17-7-8-34-22(9-17)32-25(29)33-34)10-20(24(31-15)36-2)23(35)30-13-18-5-3-4-6-21(18)37-14-16-11-26(27,28)12-16/h3-10,16H,11-14H2,1-2H3,(H2,29,33)(H,30,35). The fourth-order valence-electron chi connectivity index (χ4n) is 4.43. The van der Waals surface area contributed by atoms with E-state index >= 15 is 0 Å². The summed E-state index contributed by atoms with van der Waals surface area (Å²) in [7, 11) is 1.45. The first-order chi connectivity index (χ1) is 17.7. The number of nitrogens with one attached hydrogen (secondary N) is 1. The van der Waals surface area contributed by atoms with Crippen molar-refractivity contribution in [2.24, 2.45) is 5.92 Å². The number of hydrogen-bond acceptors (Lipinski definition) is 7. The summed E-state index contributed by atoms with van der Waals surface area (Å²) in [5.41, 5.74) is 9.45. The van der Waals surface area contributed by atoms with Crippen LogP contribution in [-0.2, 0) is 6.54 Å². The lowest BCUT2D eigenvalue weighted by Crippen LogP contribution is -2.38. The van der Waals surface area contributed by atoms with Crippen molar-refractivity contribution >= 4 is 17.5 Å². The van der Waals surface area contributed by atoms with E-state index in [2.05, 4.69) is 20.4 Å². The third kappa shape index (κ3) is 5.16. The quantitative estimate of drug-likeness (QED) is 0.369. The second-order valence-electron chi connectivity index (χ2n) is 9.10. The number of nitrogens with zero attached hydrogens (tertiary/aromatic N) is 4. The van der Waals surface area contributed by atoms with Gasteiger partial charge in [0.25, 0.3) is 5.91 Å². The van der Waals surface area contributed by atoms with Crippen LogP contribution in [0.1, 0.15) is 34.5 Å². The van der Waals surface area contributed by atoms with Crippen LogP contribution in [0.2, 0.25) is 0 Å². The van der Waals surface area contributed by atoms with Gasteiger partial charge < -0.3 is 20.5 Å². The molecule has 3 aromatic heterocycles. The Morgan fingerprint density at radius 1 is 1.22 bits per heavy atom. The first-order valence-corrected chi connectivity index (χ1v) is 11.8. The Morgan fingerprint density at radius 2 is 2.00 bits per heavy atom. The summed E-state index contributed by atoms with van der Waals surface area (Å²) in [6.45, 7) is 2.21. The fraction of sp³-hybridized carbons (Fsp3) is 0.308. The number of pyridine rings is 2. The number of carbonyl (C=O) groups excluding carboxylic acids is 1. The number of para-hydroxylation sites is 1. The number of anilines is 1. The maximum atomic E-state index is 13.2. The summed E-state index contributed by atoms with van der Waals surface area (Å²) < 4.78 is 39.0. The second kappa shape index (κ2) is 9.64. The van der Waals surface area contributed by atoms with Gasteiger partial charge in [-0.25, -0.2) is 18.3 Å². The van der Waals surface area contributed by atoms with Crippen LogP contribution in [0, 0.1) is 12.8 Å². The number of hydrogen-bond donors (Lipinski definition) is 2. The Bertz CT molecular complexity index is 1460. The topological polar surface area (TPSA) is 117 Å². The van der Waals surface area contributed by atoms with Gasteiger partial charge in [-0.15, -0.1) is 5.10 Å². The Morgan fingerprint density at radius 3 is 2.76 bits per heavy atom. The molecule has 1 aromatic carbocycles. The molecule has 1 saturated carbocycles. The third-order valence-electron chi connectivity index (χ3n) is 6.34. The summed E-state index contributed by atoms with van der Waals surface area (Å²) in [5, 5.41) is 6.97. The molecular weight excluding hydrogens is 482 g/mol. The van der Waals surface area contributed by atoms with Gasteiger partial charge in [-0.3, -0.25) is 4.79 Å². The smallest absolute Gasteiger partial charge is 0.257 e. The molecule has 1 fully saturated rings. The number of nitrogens with two attached hydrogens (primary N) is 1. The molecule has 9 nitrogen and oxygen atoms in total. The van der Waals surface area contributed by atoms with Gasteiger partial charge >= 0.3 is 0 Å². The van der Waals surface area contributed by atoms with E-state index in [1.165, 1.54) is 7.11 Å². The molecule has 1 amide bonds. The molecule has 0 saturated heterocycles. The van der Waals surface area contributed by atoms with Crippen molar-refractivity contribution in [1.29, 1.82) is 0 Å². The minimum Gasteiger partial charge on any atom is -0.493 e. The number of ether oxygens (including phenoxy) is 2. The van der Waals surface area contributed by atoms with Gasteiger partial charge in [0.2, 0.25) is 17.8 Å². The van der Waals surface area contributed by atoms with E-state index in [0.29, 0.717) is 17.1 Å². The molecule has 3 heterocycles. The van der Waals surface area contributed by atoms with Gasteiger partial charge in [-0.1, -0.05) is 18.2 Å². The Labute approximate surface area is 211 Å². The number of halogens is 2. The van der Waals surface area contributed by atoms with Gasteiger partial charge in [-0.2, -0.15) is 4.98 Å². The lowest BCUT2D eigenvalue weighted by Gasteiger charge is -2.34. The lowest BCUT2D eigenvalue weighted by atomic mass is 9.82. The normalized spacial score (nSPS) is 14.8. The zero-order chi connectivity index (χ0) is 26.2. The van der Waals surface area contributed by atoms with Gasteiger partial charge in [0.05, 0.1) is 13.7 Å². The van der Waals surface area contributed by atoms with Gasteiger partial charge in [-0.05, 0) is 36.8 Å². The van der Waals surface area contributed by atoms with Crippen LogP contribution in [-0.4, -0.2) is 45.1 Å². The molecule has 0 atom stereocenters. The molecule has 5 rings (SSSR count). The number of aryl methyl sites for hydroxylation is 1. The zero-order valence-corrected chi connectivity index (χ0v) is 20.4. The maximum absolute atomic E-state index is 13.2. The number of methoxy groups -OCH3 is 1. The second-order valence-corrected chi connectivity index (χ2v) is 9.10. The van der Waals surface area contributed by atoms with E-state index in [1.54, 1.807) is 28.9 Å². The molecule has 0 bridgehead atoms. The van der Waals surface area contributed by atoms with E-state index in [4.69, 9.17) is 15.2 Å². The summed E-state index contributed by atoms with van der Waals surface area (Å²) >= 11 is 0. The number of rotatable bonds is 8. The molecule has 0 radical (unpaired) electrons. The van der Waals surface area contributed by atoms with Crippen LogP contribution < -0.4 is 20.5 Å². The summed E-state index contributed by atoms with van der Waals surface area (Å²) in [4.78, 5) is 21.9. The Balaban J connectivity index is 1.33. The van der Waals surface area contributed by atoms with Gasteiger partial charge in [0.1, 0.15) is 11.3 Å². The van der Waals surface area contributed by atoms with E-state index in [9.17, 15) is 13.6 Å². The number of aromatic nitrogens is 4. The number of alkyl halides is 2. The van der Waals surface area contributed by atoms with Crippen molar-refractivity contribution in [2.45, 2.75) is 32.2 Å². The molecule has 37 heavy (non-hydrogen) atoms. The van der Waals surface area contributed by atoms with Crippen LogP contribution in [0.3, 0.4) is 0 Å². The molecular formula is C26H26F2N6O3. The molecule has 0 aliphatic heterocycles. The molecule has 4 aromatic rings. The first kappa shape index (κ1) is 24.4. The number of nitrogen functional groups attached to an aromatic ring is 1. The van der Waals surface area contributed by atoms with E-state index in [1.807, 2.05) is 31.2 Å². The SMILES string of the molecule is COc1nc(C)c(-c2ccn3nc(N)nc3c2)cc1C(=O)NCc1ccccc1OCC1CC(F)(F)C1. The minimum absolute atomic E-state index is 0.161. The predicted octanol–water partition coefficient (Wildman–Crippen LogP) is 4.04. The van der Waals surface area contributed by atoms with Crippen LogP contribution in [0.15, 0.2) is 48.7 Å². The van der Waals surface area contributed by atoms with Crippen molar-refractivity contribution in [2.75, 3.05) is 19.5 Å². The fourth-order valence-corrected chi connectivity index (χ4v) is 4.43. The summed E-state index contributed by atoms with van der Waals surface area (Å²) in [5.74, 6) is -2.23. The van der Waals surface area contributed by atoms with Crippen molar-refractivity contribution in [3.63, 3.8) is 0 Å². The number of fused-ring (bicyclic) bond motifs is 1. The van der Waals surface area contributed by atoms with E-state index in [-0.39, 0.29) is 55.2 Å². The molecule has 3 N–H and O–H groups in total. The molecule has 0 spiro atoms. The minimum atomic E-state index is -2.59. The lowest BCUT2D eigenvalue weighted by molar-refractivity contribution is -0.119. The predicted molar refractivity (Wildman–Crippen MR) is 133 cm³/mol. The Kier molecular flexibility index (Phi) is 6.36. The number of benzene rings is 1. The molecule has 1 aliphatic rings. The van der Waals surface area contributed by atoms with Crippen molar-refractivity contribution in [3.8, 4) is 22.8 Å². The highest BCUT2D eigenvalue weighted by Gasteiger charge is 2.45. The van der Waals surface area contributed by atoms with Crippen LogP contribution in [0.4, 0.5) is 14.7 Å². The first-order valence-electron chi connectivity index (χ1n) is 11.8. The molecule has 0 unspecified atom stereocenters. The highest BCUT2D eigenvalue weighted by atomic mass is 19.3. The van der Waals surface area contributed by atoms with Gasteiger partial charge in [0.15, 0.2) is 5.65 Å². The van der Waals surface area contributed by atoms with E-state index < -0.39 is 5.92 Å². The molecule has 11 heteroatoms.